The van der Waals surface area contributed by atoms with Crippen molar-refractivity contribution in [1.29, 1.82) is 5.26 Å². The molecule has 0 spiro atoms. The summed E-state index contributed by atoms with van der Waals surface area (Å²) in [5.74, 6) is -8.15. The molecule has 1 aliphatic carbocycles. The minimum absolute atomic E-state index is 0.00363. The molecule has 5 rings (SSSR count). The molecule has 3 aromatic rings. The van der Waals surface area contributed by atoms with Gasteiger partial charge in [0.05, 0.1) is 11.7 Å². The van der Waals surface area contributed by atoms with Gasteiger partial charge in [0.1, 0.15) is 35.5 Å². The van der Waals surface area contributed by atoms with E-state index in [1.54, 1.807) is 12.1 Å². The third-order valence-electron chi connectivity index (χ3n) is 7.30. The van der Waals surface area contributed by atoms with E-state index in [0.29, 0.717) is 6.07 Å². The third kappa shape index (κ3) is 6.34. The lowest BCUT2D eigenvalue weighted by atomic mass is 9.87. The van der Waals surface area contributed by atoms with Gasteiger partial charge in [-0.15, -0.1) is 0 Å². The number of nitrogens with zero attached hydrogens (tertiary/aromatic N) is 5. The predicted molar refractivity (Wildman–Crippen MR) is 147 cm³/mol. The maximum atomic E-state index is 14.5. The number of aromatic nitrogens is 2. The van der Waals surface area contributed by atoms with E-state index in [9.17, 15) is 42.3 Å². The smallest absolute Gasteiger partial charge is 0.258 e. The summed E-state index contributed by atoms with van der Waals surface area (Å²) in [4.78, 5) is 50.5. The standard InChI is InChI=1S/C29H23ClF4N6O4/c30-22-4-2-1-3-21(22)25(26(43)37-18-12-29(33,34)13-18)39(19-8-15(31)7-16(32)9-19)24(42)11-20-10-23(41)27(44)40(20)28-36-6-5-17(14-35)38-28/h1-9,18,20,23,25,41H,10-13H2,(H,37,43)/t20-,23-,25-/m0/s1. The predicted octanol–water partition coefficient (Wildman–Crippen LogP) is 3.82. The molecule has 15 heteroatoms. The van der Waals surface area contributed by atoms with Gasteiger partial charge >= 0.3 is 0 Å². The second-order valence-corrected chi connectivity index (χ2v) is 10.9. The van der Waals surface area contributed by atoms with E-state index in [0.717, 1.165) is 21.9 Å². The summed E-state index contributed by atoms with van der Waals surface area (Å²) >= 11 is 6.42. The molecule has 228 valence electrons. The Morgan fingerprint density at radius 1 is 1.18 bits per heavy atom. The molecule has 3 amide bonds. The molecule has 3 atom stereocenters. The fourth-order valence-electron chi connectivity index (χ4n) is 5.32. The van der Waals surface area contributed by atoms with Crippen LogP contribution in [0.1, 0.15) is 43.0 Å². The molecular formula is C29H23ClF4N6O4. The molecular weight excluding hydrogens is 608 g/mol. The van der Waals surface area contributed by atoms with Crippen molar-refractivity contribution in [3.63, 3.8) is 0 Å². The Bertz CT molecular complexity index is 1640. The number of hydrogen-bond donors (Lipinski definition) is 2. The maximum absolute atomic E-state index is 14.5. The van der Waals surface area contributed by atoms with Crippen molar-refractivity contribution in [2.24, 2.45) is 0 Å². The number of alkyl halides is 2. The summed E-state index contributed by atoms with van der Waals surface area (Å²) in [6.07, 6.45) is -2.54. The lowest BCUT2D eigenvalue weighted by Crippen LogP contribution is -2.54. The Morgan fingerprint density at radius 2 is 1.86 bits per heavy atom. The molecule has 2 aromatic carbocycles. The van der Waals surface area contributed by atoms with Crippen LogP contribution in [0.4, 0.5) is 29.2 Å². The zero-order valence-corrected chi connectivity index (χ0v) is 23.4. The summed E-state index contributed by atoms with van der Waals surface area (Å²) in [6.45, 7) is 0. The van der Waals surface area contributed by atoms with Crippen molar-refractivity contribution >= 4 is 41.0 Å². The van der Waals surface area contributed by atoms with Crippen LogP contribution in [-0.2, 0) is 14.4 Å². The van der Waals surface area contributed by atoms with Crippen LogP contribution >= 0.6 is 11.6 Å². The number of aliphatic hydroxyl groups excluding tert-OH is 1. The van der Waals surface area contributed by atoms with Crippen LogP contribution in [0.25, 0.3) is 0 Å². The van der Waals surface area contributed by atoms with Gasteiger partial charge < -0.3 is 10.4 Å². The van der Waals surface area contributed by atoms with Crippen molar-refractivity contribution in [3.8, 4) is 6.07 Å². The maximum Gasteiger partial charge on any atom is 0.258 e. The van der Waals surface area contributed by atoms with Crippen LogP contribution in [0.15, 0.2) is 54.7 Å². The van der Waals surface area contributed by atoms with E-state index in [1.807, 2.05) is 0 Å². The quantitative estimate of drug-likeness (QED) is 0.361. The molecule has 0 radical (unpaired) electrons. The summed E-state index contributed by atoms with van der Waals surface area (Å²) in [5, 5.41) is 22.1. The normalized spacial score (nSPS) is 20.0. The molecule has 10 nitrogen and oxygen atoms in total. The average molecular weight is 631 g/mol. The van der Waals surface area contributed by atoms with E-state index in [-0.39, 0.29) is 28.6 Å². The second-order valence-electron chi connectivity index (χ2n) is 10.5. The minimum Gasteiger partial charge on any atom is -0.383 e. The van der Waals surface area contributed by atoms with E-state index < -0.39 is 84.5 Å². The monoisotopic (exact) mass is 630 g/mol. The fraction of sp³-hybridized carbons (Fsp3) is 0.310. The van der Waals surface area contributed by atoms with Crippen LogP contribution in [0.5, 0.6) is 0 Å². The van der Waals surface area contributed by atoms with Crippen LogP contribution in [0, 0.1) is 23.0 Å². The molecule has 44 heavy (non-hydrogen) atoms. The van der Waals surface area contributed by atoms with Crippen molar-refractivity contribution in [2.75, 3.05) is 9.80 Å². The van der Waals surface area contributed by atoms with Crippen molar-refractivity contribution in [2.45, 2.75) is 55.8 Å². The minimum atomic E-state index is -2.98. The highest BCUT2D eigenvalue weighted by molar-refractivity contribution is 6.31. The van der Waals surface area contributed by atoms with Gasteiger partial charge in [-0.3, -0.25) is 24.2 Å². The van der Waals surface area contributed by atoms with Crippen LogP contribution < -0.4 is 15.1 Å². The number of carbonyl (C=O) groups is 3. The number of hydrogen-bond acceptors (Lipinski definition) is 7. The molecule has 1 saturated heterocycles. The van der Waals surface area contributed by atoms with Gasteiger partial charge in [-0.1, -0.05) is 29.8 Å². The largest absolute Gasteiger partial charge is 0.383 e. The van der Waals surface area contributed by atoms with Gasteiger partial charge in [0.15, 0.2) is 0 Å². The van der Waals surface area contributed by atoms with E-state index in [2.05, 4.69) is 15.3 Å². The first-order chi connectivity index (χ1) is 20.9. The number of halogens is 5. The van der Waals surface area contributed by atoms with Crippen molar-refractivity contribution in [1.82, 2.24) is 15.3 Å². The molecule has 1 aromatic heterocycles. The zero-order chi connectivity index (χ0) is 31.8. The summed E-state index contributed by atoms with van der Waals surface area (Å²) in [5.41, 5.74) is -0.464. The number of nitriles is 1. The first-order valence-electron chi connectivity index (χ1n) is 13.3. The molecule has 2 N–H and O–H groups in total. The average Bonchev–Trinajstić information content (AvgIpc) is 3.22. The molecule has 1 aliphatic heterocycles. The summed E-state index contributed by atoms with van der Waals surface area (Å²) in [7, 11) is 0. The summed E-state index contributed by atoms with van der Waals surface area (Å²) < 4.78 is 56.2. The second kappa shape index (κ2) is 12.2. The molecule has 2 fully saturated rings. The number of amides is 3. The van der Waals surface area contributed by atoms with E-state index in [4.69, 9.17) is 11.6 Å². The molecule has 2 heterocycles. The molecule has 0 unspecified atom stereocenters. The third-order valence-corrected chi connectivity index (χ3v) is 7.65. The lowest BCUT2D eigenvalue weighted by Gasteiger charge is -2.38. The van der Waals surface area contributed by atoms with Gasteiger partial charge in [-0.05, 0) is 24.3 Å². The zero-order valence-electron chi connectivity index (χ0n) is 22.6. The Morgan fingerprint density at radius 3 is 2.50 bits per heavy atom. The van der Waals surface area contributed by atoms with Crippen LogP contribution in [0.2, 0.25) is 5.02 Å². The molecule has 2 aliphatic rings. The number of rotatable bonds is 8. The number of aliphatic hydroxyl groups is 1. The SMILES string of the molecule is N#Cc1ccnc(N2C(=O)[C@@H](O)C[C@H]2CC(=O)N(c2cc(F)cc(F)c2)[C@H](C(=O)NC2CC(F)(F)C2)c2ccccc2Cl)n1. The Labute approximate surface area is 252 Å². The van der Waals surface area contributed by atoms with Gasteiger partial charge in [0.2, 0.25) is 17.8 Å². The fourth-order valence-corrected chi connectivity index (χ4v) is 5.56. The Kier molecular flexibility index (Phi) is 8.53. The van der Waals surface area contributed by atoms with Gasteiger partial charge in [0, 0.05) is 54.6 Å². The number of benzene rings is 2. The van der Waals surface area contributed by atoms with Gasteiger partial charge in [-0.25, -0.2) is 27.5 Å². The Balaban J connectivity index is 1.57. The first kappa shape index (κ1) is 30.8. The topological polar surface area (TPSA) is 140 Å². The van der Waals surface area contributed by atoms with E-state index in [1.165, 1.54) is 30.5 Å². The summed E-state index contributed by atoms with van der Waals surface area (Å²) in [6, 6.07) is 7.37. The number of nitrogens with one attached hydrogen (secondary N) is 1. The van der Waals surface area contributed by atoms with E-state index >= 15 is 0 Å². The van der Waals surface area contributed by atoms with Gasteiger partial charge in [0.25, 0.3) is 11.8 Å². The van der Waals surface area contributed by atoms with Crippen molar-refractivity contribution in [3.05, 3.63) is 82.6 Å². The highest BCUT2D eigenvalue weighted by Crippen LogP contribution is 2.39. The highest BCUT2D eigenvalue weighted by atomic mass is 35.5. The van der Waals surface area contributed by atoms with Gasteiger partial charge in [-0.2, -0.15) is 5.26 Å². The van der Waals surface area contributed by atoms with Crippen LogP contribution in [-0.4, -0.2) is 56.9 Å². The first-order valence-corrected chi connectivity index (χ1v) is 13.7. The lowest BCUT2D eigenvalue weighted by molar-refractivity contribution is -0.133. The Hall–Kier alpha value is -4.61. The molecule has 0 bridgehead atoms. The molecule has 1 saturated carbocycles. The van der Waals surface area contributed by atoms with Crippen molar-refractivity contribution < 1.29 is 37.1 Å². The number of anilines is 2. The number of carbonyl (C=O) groups excluding carboxylic acids is 3. The highest BCUT2D eigenvalue weighted by Gasteiger charge is 2.48. The van der Waals surface area contributed by atoms with Crippen LogP contribution in [0.3, 0.4) is 0 Å².